The Morgan fingerprint density at radius 2 is 1.50 bits per heavy atom. The van der Waals surface area contributed by atoms with E-state index in [4.69, 9.17) is 0 Å². The van der Waals surface area contributed by atoms with Gasteiger partial charge in [-0.15, -0.1) is 0 Å². The second-order valence-corrected chi connectivity index (χ2v) is 13.1. The minimum Gasteiger partial charge on any atom is -0.352 e. The molecule has 7 nitrogen and oxygen atoms in total. The molecule has 0 spiro atoms. The molecule has 1 N–H and O–H groups in total. The topological polar surface area (TPSA) is 86.8 Å². The van der Waals surface area contributed by atoms with Crippen LogP contribution in [0.1, 0.15) is 68.2 Å². The summed E-state index contributed by atoms with van der Waals surface area (Å²) in [5.74, 6) is -0.656. The number of aryl methyl sites for hydroxylation is 3. The van der Waals surface area contributed by atoms with Crippen LogP contribution in [0.25, 0.3) is 0 Å². The van der Waals surface area contributed by atoms with Gasteiger partial charge in [-0.3, -0.25) is 13.9 Å². The Balaban J connectivity index is 1.71. The summed E-state index contributed by atoms with van der Waals surface area (Å²) in [4.78, 5) is 29.4. The highest BCUT2D eigenvalue weighted by Gasteiger charge is 2.34. The number of rotatable bonds is 11. The van der Waals surface area contributed by atoms with Crippen LogP contribution in [0.3, 0.4) is 0 Å². The lowest BCUT2D eigenvalue weighted by Crippen LogP contribution is -2.53. The number of nitrogens with one attached hydrogen (secondary N) is 1. The van der Waals surface area contributed by atoms with Crippen molar-refractivity contribution in [2.45, 2.75) is 89.7 Å². The monoisotopic (exact) mass is 589 g/mol. The third-order valence-electron chi connectivity index (χ3n) is 8.25. The van der Waals surface area contributed by atoms with E-state index in [1.54, 1.807) is 43.3 Å². The maximum absolute atomic E-state index is 14.3. The van der Waals surface area contributed by atoms with Crippen LogP contribution in [0.15, 0.2) is 77.7 Å². The highest BCUT2D eigenvalue weighted by molar-refractivity contribution is 7.92. The zero-order valence-electron chi connectivity index (χ0n) is 25.2. The highest BCUT2D eigenvalue weighted by Crippen LogP contribution is 2.28. The molecule has 8 heteroatoms. The van der Waals surface area contributed by atoms with E-state index >= 15 is 0 Å². The van der Waals surface area contributed by atoms with E-state index in [9.17, 15) is 18.0 Å². The standard InChI is InChI=1S/C34H43N3O4S/c1-5-28-14-11-12-18-32(28)37(42(40,41)31-21-19-25(2)20-22-31)24-33(38)36(23-29-15-10-9-13-26(29)3)27(4)34(39)35-30-16-7-6-8-17-30/h9-15,18-22,27,30H,5-8,16-17,23-24H2,1-4H3,(H,35,39). The van der Waals surface area contributed by atoms with E-state index in [2.05, 4.69) is 5.32 Å². The number of anilines is 1. The van der Waals surface area contributed by atoms with Gasteiger partial charge in [0.2, 0.25) is 11.8 Å². The number of sulfonamides is 1. The van der Waals surface area contributed by atoms with Crippen molar-refractivity contribution in [3.63, 3.8) is 0 Å². The van der Waals surface area contributed by atoms with Gasteiger partial charge < -0.3 is 10.2 Å². The Morgan fingerprint density at radius 3 is 2.14 bits per heavy atom. The number of benzene rings is 3. The van der Waals surface area contributed by atoms with Crippen molar-refractivity contribution < 1.29 is 18.0 Å². The van der Waals surface area contributed by atoms with Crippen molar-refractivity contribution in [2.24, 2.45) is 0 Å². The van der Waals surface area contributed by atoms with Crippen LogP contribution in [0.4, 0.5) is 5.69 Å². The van der Waals surface area contributed by atoms with Crippen LogP contribution in [0.5, 0.6) is 0 Å². The predicted molar refractivity (Wildman–Crippen MR) is 168 cm³/mol. The van der Waals surface area contributed by atoms with Crippen LogP contribution in [0.2, 0.25) is 0 Å². The molecule has 1 atom stereocenters. The average molecular weight is 590 g/mol. The van der Waals surface area contributed by atoms with E-state index in [1.807, 2.05) is 57.2 Å². The number of carbonyl (C=O) groups is 2. The first kappa shape index (κ1) is 31.3. The Morgan fingerprint density at radius 1 is 0.881 bits per heavy atom. The van der Waals surface area contributed by atoms with Crippen molar-refractivity contribution in [3.8, 4) is 0 Å². The Labute approximate surface area is 251 Å². The van der Waals surface area contributed by atoms with Gasteiger partial charge in [0.15, 0.2) is 0 Å². The van der Waals surface area contributed by atoms with Gasteiger partial charge in [0.1, 0.15) is 12.6 Å². The van der Waals surface area contributed by atoms with Gasteiger partial charge in [-0.1, -0.05) is 86.3 Å². The zero-order chi connectivity index (χ0) is 30.3. The molecular formula is C34H43N3O4S. The average Bonchev–Trinajstić information content (AvgIpc) is 2.99. The summed E-state index contributed by atoms with van der Waals surface area (Å²) in [7, 11) is -4.10. The zero-order valence-corrected chi connectivity index (χ0v) is 26.0. The van der Waals surface area contributed by atoms with Crippen molar-refractivity contribution in [2.75, 3.05) is 10.8 Å². The van der Waals surface area contributed by atoms with Gasteiger partial charge >= 0.3 is 0 Å². The fourth-order valence-electron chi connectivity index (χ4n) is 5.53. The molecule has 0 aliphatic heterocycles. The normalized spacial score (nSPS) is 14.7. The van der Waals surface area contributed by atoms with E-state index < -0.39 is 28.5 Å². The fourth-order valence-corrected chi connectivity index (χ4v) is 6.98. The molecule has 1 unspecified atom stereocenters. The molecule has 1 saturated carbocycles. The summed E-state index contributed by atoms with van der Waals surface area (Å²) >= 11 is 0. The van der Waals surface area contributed by atoms with Gasteiger partial charge in [-0.25, -0.2) is 8.42 Å². The first-order valence-electron chi connectivity index (χ1n) is 14.9. The molecule has 1 aliphatic rings. The molecule has 0 radical (unpaired) electrons. The van der Waals surface area contributed by atoms with Crippen LogP contribution in [-0.4, -0.2) is 43.8 Å². The molecule has 0 bridgehead atoms. The molecule has 0 heterocycles. The Hall–Kier alpha value is -3.65. The Kier molecular flexibility index (Phi) is 10.4. The Bertz CT molecular complexity index is 1480. The summed E-state index contributed by atoms with van der Waals surface area (Å²) < 4.78 is 29.5. The molecule has 224 valence electrons. The van der Waals surface area contributed by atoms with Crippen molar-refractivity contribution in [3.05, 3.63) is 95.1 Å². The summed E-state index contributed by atoms with van der Waals surface area (Å²) in [6, 6.07) is 21.0. The molecule has 3 aromatic rings. The second-order valence-electron chi connectivity index (χ2n) is 11.3. The molecule has 4 rings (SSSR count). The van der Waals surface area contributed by atoms with Crippen molar-refractivity contribution >= 4 is 27.5 Å². The van der Waals surface area contributed by atoms with E-state index in [0.29, 0.717) is 12.1 Å². The number of hydrogen-bond acceptors (Lipinski definition) is 4. The minimum atomic E-state index is -4.10. The van der Waals surface area contributed by atoms with Gasteiger partial charge in [0.05, 0.1) is 10.6 Å². The molecule has 0 saturated heterocycles. The predicted octanol–water partition coefficient (Wildman–Crippen LogP) is 5.93. The van der Waals surface area contributed by atoms with Crippen LogP contribution < -0.4 is 9.62 Å². The summed E-state index contributed by atoms with van der Waals surface area (Å²) in [6.07, 6.45) is 5.78. The second kappa shape index (κ2) is 14.0. The lowest BCUT2D eigenvalue weighted by molar-refractivity contribution is -0.139. The summed E-state index contributed by atoms with van der Waals surface area (Å²) in [6.45, 7) is 7.31. The molecule has 1 fully saturated rings. The summed E-state index contributed by atoms with van der Waals surface area (Å²) in [5.41, 5.74) is 4.12. The van der Waals surface area contributed by atoms with Crippen LogP contribution in [-0.2, 0) is 32.6 Å². The molecular weight excluding hydrogens is 546 g/mol. The molecule has 0 aromatic heterocycles. The number of hydrogen-bond donors (Lipinski definition) is 1. The number of amides is 2. The third-order valence-corrected chi connectivity index (χ3v) is 10.0. The van der Waals surface area contributed by atoms with Crippen LogP contribution in [0, 0.1) is 13.8 Å². The van der Waals surface area contributed by atoms with Crippen molar-refractivity contribution in [1.29, 1.82) is 0 Å². The largest absolute Gasteiger partial charge is 0.352 e. The number of carbonyl (C=O) groups excluding carboxylic acids is 2. The van der Waals surface area contributed by atoms with Crippen LogP contribution >= 0.6 is 0 Å². The maximum atomic E-state index is 14.3. The minimum absolute atomic E-state index is 0.0963. The lowest BCUT2D eigenvalue weighted by atomic mass is 9.95. The smallest absolute Gasteiger partial charge is 0.264 e. The van der Waals surface area contributed by atoms with Gasteiger partial charge in [0, 0.05) is 12.6 Å². The van der Waals surface area contributed by atoms with Gasteiger partial charge in [0.25, 0.3) is 10.0 Å². The van der Waals surface area contributed by atoms with E-state index in [1.165, 1.54) is 15.6 Å². The quantitative estimate of drug-likeness (QED) is 0.301. The third kappa shape index (κ3) is 7.40. The lowest BCUT2D eigenvalue weighted by Gasteiger charge is -2.34. The number of para-hydroxylation sites is 1. The van der Waals surface area contributed by atoms with Crippen molar-refractivity contribution in [1.82, 2.24) is 10.2 Å². The highest BCUT2D eigenvalue weighted by atomic mass is 32.2. The maximum Gasteiger partial charge on any atom is 0.264 e. The molecule has 2 amide bonds. The summed E-state index contributed by atoms with van der Waals surface area (Å²) in [5, 5.41) is 3.15. The first-order chi connectivity index (χ1) is 20.1. The molecule has 42 heavy (non-hydrogen) atoms. The van der Waals surface area contributed by atoms with E-state index in [-0.39, 0.29) is 23.4 Å². The van der Waals surface area contributed by atoms with E-state index in [0.717, 1.165) is 47.9 Å². The van der Waals surface area contributed by atoms with Gasteiger partial charge in [-0.05, 0) is 74.9 Å². The van der Waals surface area contributed by atoms with Gasteiger partial charge in [-0.2, -0.15) is 0 Å². The fraction of sp³-hybridized carbons (Fsp3) is 0.412. The molecule has 3 aromatic carbocycles. The SMILES string of the molecule is CCc1ccccc1N(CC(=O)N(Cc1ccccc1C)C(C)C(=O)NC1CCCCC1)S(=O)(=O)c1ccc(C)cc1. The number of nitrogens with zero attached hydrogens (tertiary/aromatic N) is 2. The molecule has 1 aliphatic carbocycles. The first-order valence-corrected chi connectivity index (χ1v) is 16.4.